The summed E-state index contributed by atoms with van der Waals surface area (Å²) in [4.78, 5) is 23.2. The summed E-state index contributed by atoms with van der Waals surface area (Å²) >= 11 is 11.3. The number of carbonyl (C=O) groups excluding carboxylic acids is 1. The molecule has 20 heavy (non-hydrogen) atoms. The monoisotopic (exact) mass is 317 g/mol. The van der Waals surface area contributed by atoms with E-state index in [1.54, 1.807) is 0 Å². The topological polar surface area (TPSA) is 66.4 Å². The van der Waals surface area contributed by atoms with Gasteiger partial charge in [-0.05, 0) is 25.0 Å². The predicted molar refractivity (Wildman–Crippen MR) is 72.6 cm³/mol. The lowest BCUT2D eigenvalue weighted by Gasteiger charge is -2.06. The largest absolute Gasteiger partial charge is 0.477 e. The summed E-state index contributed by atoms with van der Waals surface area (Å²) < 4.78 is 13.4. The second-order valence-corrected chi connectivity index (χ2v) is 5.19. The summed E-state index contributed by atoms with van der Waals surface area (Å²) in [7, 11) is 0. The molecular weight excluding hydrogens is 308 g/mol. The van der Waals surface area contributed by atoms with Crippen LogP contribution in [0.15, 0.2) is 23.9 Å². The summed E-state index contributed by atoms with van der Waals surface area (Å²) in [5.41, 5.74) is -0.736. The van der Waals surface area contributed by atoms with Gasteiger partial charge in [0.1, 0.15) is 11.4 Å². The van der Waals surface area contributed by atoms with E-state index >= 15 is 0 Å². The molecule has 7 heteroatoms. The molecule has 0 atom stereocenters. The van der Waals surface area contributed by atoms with Crippen LogP contribution in [-0.2, 0) is 4.79 Å². The maximum Gasteiger partial charge on any atom is 0.341 e. The number of aliphatic carboxylic acids is 1. The molecule has 106 valence electrons. The Bertz CT molecular complexity index is 612. The Kier molecular flexibility index (Phi) is 4.30. The maximum absolute atomic E-state index is 13.4. The first-order chi connectivity index (χ1) is 9.40. The third-order valence-electron chi connectivity index (χ3n) is 2.77. The minimum atomic E-state index is -1.41. The van der Waals surface area contributed by atoms with Gasteiger partial charge in [-0.3, -0.25) is 4.79 Å². The number of Topliss-reactive ketones (excluding diaryl/α,β-unsaturated/α-hetero) is 1. The third kappa shape index (κ3) is 3.29. The van der Waals surface area contributed by atoms with Gasteiger partial charge in [-0.2, -0.15) is 0 Å². The van der Waals surface area contributed by atoms with Gasteiger partial charge in [-0.15, -0.1) is 0 Å². The van der Waals surface area contributed by atoms with E-state index in [4.69, 9.17) is 28.3 Å². The molecule has 2 rings (SSSR count). The third-order valence-corrected chi connectivity index (χ3v) is 3.37. The van der Waals surface area contributed by atoms with Crippen molar-refractivity contribution in [1.82, 2.24) is 5.32 Å². The molecule has 4 nitrogen and oxygen atoms in total. The van der Waals surface area contributed by atoms with Gasteiger partial charge in [-0.25, -0.2) is 9.18 Å². The molecule has 2 N–H and O–H groups in total. The van der Waals surface area contributed by atoms with E-state index in [2.05, 4.69) is 5.32 Å². The first-order valence-corrected chi connectivity index (χ1v) is 6.54. The van der Waals surface area contributed by atoms with Crippen molar-refractivity contribution < 1.29 is 19.1 Å². The smallest absolute Gasteiger partial charge is 0.341 e. The molecule has 0 heterocycles. The van der Waals surface area contributed by atoms with Gasteiger partial charge in [0.25, 0.3) is 0 Å². The molecule has 0 saturated heterocycles. The van der Waals surface area contributed by atoms with Gasteiger partial charge in [0, 0.05) is 17.8 Å². The number of halogens is 3. The van der Waals surface area contributed by atoms with Crippen molar-refractivity contribution in [3.05, 3.63) is 45.3 Å². The quantitative estimate of drug-likeness (QED) is 0.288. The van der Waals surface area contributed by atoms with Crippen molar-refractivity contribution in [3.63, 3.8) is 0 Å². The Morgan fingerprint density at radius 2 is 1.95 bits per heavy atom. The minimum absolute atomic E-state index is 0.0972. The van der Waals surface area contributed by atoms with Crippen molar-refractivity contribution in [2.24, 2.45) is 0 Å². The van der Waals surface area contributed by atoms with Gasteiger partial charge in [0.15, 0.2) is 0 Å². The Balaban J connectivity index is 2.34. The van der Waals surface area contributed by atoms with E-state index in [1.165, 1.54) is 0 Å². The Hall–Kier alpha value is -1.59. The van der Waals surface area contributed by atoms with Crippen LogP contribution in [0.4, 0.5) is 4.39 Å². The normalized spacial score (nSPS) is 15.1. The molecule has 0 amide bonds. The fourth-order valence-electron chi connectivity index (χ4n) is 1.52. The maximum atomic E-state index is 13.4. The van der Waals surface area contributed by atoms with Crippen molar-refractivity contribution in [2.75, 3.05) is 0 Å². The van der Waals surface area contributed by atoms with Gasteiger partial charge < -0.3 is 10.4 Å². The average Bonchev–Trinajstić information content (AvgIpc) is 3.17. The van der Waals surface area contributed by atoms with Crippen LogP contribution in [0.2, 0.25) is 10.0 Å². The lowest BCUT2D eigenvalue weighted by molar-refractivity contribution is -0.132. The number of carbonyl (C=O) groups is 2. The van der Waals surface area contributed by atoms with Gasteiger partial charge in [0.2, 0.25) is 5.78 Å². The van der Waals surface area contributed by atoms with Gasteiger partial charge >= 0.3 is 5.97 Å². The highest BCUT2D eigenvalue weighted by atomic mass is 35.5. The summed E-state index contributed by atoms with van der Waals surface area (Å²) in [6.07, 6.45) is 2.98. The van der Waals surface area contributed by atoms with Crippen LogP contribution in [0.25, 0.3) is 0 Å². The zero-order valence-corrected chi connectivity index (χ0v) is 11.6. The highest BCUT2D eigenvalue weighted by molar-refractivity contribution is 6.38. The lowest BCUT2D eigenvalue weighted by Crippen LogP contribution is -2.18. The van der Waals surface area contributed by atoms with Crippen LogP contribution in [0.3, 0.4) is 0 Å². The summed E-state index contributed by atoms with van der Waals surface area (Å²) in [5.74, 6) is -3.11. The predicted octanol–water partition coefficient (Wildman–Crippen LogP) is 3.04. The molecule has 0 aromatic heterocycles. The zero-order valence-electron chi connectivity index (χ0n) is 10.1. The van der Waals surface area contributed by atoms with E-state index in [1.807, 2.05) is 0 Å². The molecule has 0 spiro atoms. The molecule has 1 fully saturated rings. The van der Waals surface area contributed by atoms with E-state index in [9.17, 15) is 14.0 Å². The Morgan fingerprint density at radius 1 is 1.30 bits per heavy atom. The number of carboxylic acid groups (broad SMARTS) is 1. The first kappa shape index (κ1) is 14.8. The van der Waals surface area contributed by atoms with Crippen LogP contribution in [0.5, 0.6) is 0 Å². The molecular formula is C13H10Cl2FNO3. The van der Waals surface area contributed by atoms with E-state index in [-0.39, 0.29) is 21.7 Å². The van der Waals surface area contributed by atoms with Crippen LogP contribution in [0, 0.1) is 5.82 Å². The fraction of sp³-hybridized carbons (Fsp3) is 0.231. The van der Waals surface area contributed by atoms with E-state index < -0.39 is 23.1 Å². The molecule has 0 radical (unpaired) electrons. The van der Waals surface area contributed by atoms with Crippen molar-refractivity contribution >= 4 is 35.0 Å². The number of hydrogen-bond donors (Lipinski definition) is 2. The lowest BCUT2D eigenvalue weighted by atomic mass is 10.0. The van der Waals surface area contributed by atoms with Crippen molar-refractivity contribution in [2.45, 2.75) is 18.9 Å². The van der Waals surface area contributed by atoms with Gasteiger partial charge in [-0.1, -0.05) is 23.2 Å². The minimum Gasteiger partial charge on any atom is -0.477 e. The fourth-order valence-corrected chi connectivity index (χ4v) is 1.99. The second kappa shape index (κ2) is 5.81. The highest BCUT2D eigenvalue weighted by Crippen LogP contribution is 2.26. The number of nitrogens with one attached hydrogen (secondary N) is 1. The second-order valence-electron chi connectivity index (χ2n) is 4.38. The number of hydrogen-bond acceptors (Lipinski definition) is 3. The summed E-state index contributed by atoms with van der Waals surface area (Å²) in [5, 5.41) is 11.5. The summed E-state index contributed by atoms with van der Waals surface area (Å²) in [6, 6.07) is 2.09. The first-order valence-electron chi connectivity index (χ1n) is 5.79. The molecule has 0 unspecified atom stereocenters. The molecule has 0 bridgehead atoms. The Labute approximate surface area is 124 Å². The van der Waals surface area contributed by atoms with Gasteiger partial charge in [0.05, 0.1) is 10.0 Å². The van der Waals surface area contributed by atoms with Crippen LogP contribution in [-0.4, -0.2) is 22.9 Å². The SMILES string of the molecule is O=C(O)/C(=C\NC1CC1)C(=O)c1cc(F)c(Cl)cc1Cl. The summed E-state index contributed by atoms with van der Waals surface area (Å²) in [6.45, 7) is 0. The molecule has 1 aliphatic carbocycles. The highest BCUT2D eigenvalue weighted by Gasteiger charge is 2.25. The number of rotatable bonds is 5. The molecule has 1 aromatic rings. The average molecular weight is 318 g/mol. The number of ketones is 1. The molecule has 1 aliphatic rings. The van der Waals surface area contributed by atoms with Crippen molar-refractivity contribution in [1.29, 1.82) is 0 Å². The molecule has 1 aromatic carbocycles. The number of carboxylic acids is 1. The van der Waals surface area contributed by atoms with Crippen LogP contribution < -0.4 is 5.32 Å². The standard InChI is InChI=1S/C13H10Cl2FNO3/c14-9-4-10(15)11(16)3-7(9)12(18)8(13(19)20)5-17-6-1-2-6/h3-6,17H,1-2H2,(H,19,20)/b8-5-. The number of benzene rings is 1. The van der Waals surface area contributed by atoms with Crippen molar-refractivity contribution in [3.8, 4) is 0 Å². The van der Waals surface area contributed by atoms with Crippen LogP contribution >= 0.6 is 23.2 Å². The zero-order chi connectivity index (χ0) is 14.9. The van der Waals surface area contributed by atoms with E-state index in [0.29, 0.717) is 0 Å². The van der Waals surface area contributed by atoms with E-state index in [0.717, 1.165) is 31.2 Å². The van der Waals surface area contributed by atoms with Crippen LogP contribution in [0.1, 0.15) is 23.2 Å². The molecule has 1 saturated carbocycles. The molecule has 0 aliphatic heterocycles. The Morgan fingerprint density at radius 3 is 2.50 bits per heavy atom.